The van der Waals surface area contributed by atoms with Crippen LogP contribution in [0.15, 0.2) is 97.1 Å². The molecule has 1 fully saturated rings. The first-order valence-corrected chi connectivity index (χ1v) is 12.0. The Morgan fingerprint density at radius 1 is 0.892 bits per heavy atom. The molecule has 3 atom stereocenters. The van der Waals surface area contributed by atoms with Crippen LogP contribution < -0.4 is 4.74 Å². The Morgan fingerprint density at radius 2 is 1.51 bits per heavy atom. The molecule has 0 aromatic heterocycles. The summed E-state index contributed by atoms with van der Waals surface area (Å²) in [5.74, 6) is -2.45. The van der Waals surface area contributed by atoms with Gasteiger partial charge in [-0.2, -0.15) is 0 Å². The standard InChI is InChI=1S/C30H28O7/c31-24(20-36-25-9-5-2-6-10-25)15-16-26-27(17-18-30(26,35)19-28(32)33)37-29(34)23-13-11-22(12-14-23)21-7-3-1-4-8-21/h1-16,26-27,35H,17-20H2,(H,32,33)/t26-,27+,30-/m0/s1. The summed E-state index contributed by atoms with van der Waals surface area (Å²) in [5, 5.41) is 20.4. The molecule has 1 saturated carbocycles. The topological polar surface area (TPSA) is 110 Å². The van der Waals surface area contributed by atoms with E-state index in [1.807, 2.05) is 48.5 Å². The smallest absolute Gasteiger partial charge is 0.338 e. The van der Waals surface area contributed by atoms with Crippen molar-refractivity contribution in [2.75, 3.05) is 6.61 Å². The number of hydrogen-bond donors (Lipinski definition) is 2. The largest absolute Gasteiger partial charge is 0.485 e. The molecular weight excluding hydrogens is 472 g/mol. The molecule has 0 unspecified atom stereocenters. The molecule has 2 N–H and O–H groups in total. The number of carbonyl (C=O) groups is 3. The zero-order valence-electron chi connectivity index (χ0n) is 20.2. The molecule has 1 aliphatic carbocycles. The average molecular weight is 501 g/mol. The molecule has 1 aliphatic rings. The third-order valence-corrected chi connectivity index (χ3v) is 6.44. The second-order valence-corrected chi connectivity index (χ2v) is 9.05. The predicted octanol–water partition coefficient (Wildman–Crippen LogP) is 4.70. The number of hydrogen-bond acceptors (Lipinski definition) is 6. The summed E-state index contributed by atoms with van der Waals surface area (Å²) in [6, 6.07) is 25.6. The van der Waals surface area contributed by atoms with E-state index >= 15 is 0 Å². The summed E-state index contributed by atoms with van der Waals surface area (Å²) in [4.78, 5) is 36.7. The Morgan fingerprint density at radius 3 is 2.16 bits per heavy atom. The molecule has 37 heavy (non-hydrogen) atoms. The summed E-state index contributed by atoms with van der Waals surface area (Å²) < 4.78 is 11.2. The molecule has 7 heteroatoms. The van der Waals surface area contributed by atoms with Crippen LogP contribution in [0.4, 0.5) is 0 Å². The van der Waals surface area contributed by atoms with Crippen molar-refractivity contribution in [3.8, 4) is 16.9 Å². The molecule has 0 aliphatic heterocycles. The maximum Gasteiger partial charge on any atom is 0.338 e. The fourth-order valence-corrected chi connectivity index (χ4v) is 4.55. The lowest BCUT2D eigenvalue weighted by molar-refractivity contribution is -0.143. The van der Waals surface area contributed by atoms with Crippen LogP contribution in [-0.2, 0) is 14.3 Å². The van der Waals surface area contributed by atoms with Gasteiger partial charge in [-0.3, -0.25) is 9.59 Å². The van der Waals surface area contributed by atoms with Crippen LogP contribution in [0.25, 0.3) is 11.1 Å². The third kappa shape index (κ3) is 6.71. The predicted molar refractivity (Wildman–Crippen MR) is 137 cm³/mol. The summed E-state index contributed by atoms with van der Waals surface area (Å²) >= 11 is 0. The van der Waals surface area contributed by atoms with E-state index in [-0.39, 0.29) is 25.2 Å². The Kier molecular flexibility index (Phi) is 8.15. The van der Waals surface area contributed by atoms with Crippen molar-refractivity contribution in [3.05, 3.63) is 103 Å². The Hall–Kier alpha value is -4.23. The minimum atomic E-state index is -1.65. The van der Waals surface area contributed by atoms with E-state index in [2.05, 4.69) is 0 Å². The maximum absolute atomic E-state index is 12.9. The molecule has 0 saturated heterocycles. The minimum Gasteiger partial charge on any atom is -0.485 e. The molecule has 7 nitrogen and oxygen atoms in total. The number of rotatable bonds is 10. The molecular formula is C30H28O7. The zero-order chi connectivity index (χ0) is 26.3. The first kappa shape index (κ1) is 25.9. The molecule has 4 rings (SSSR count). The van der Waals surface area contributed by atoms with Crippen molar-refractivity contribution >= 4 is 17.7 Å². The number of para-hydroxylation sites is 1. The molecule has 3 aromatic rings. The molecule has 0 radical (unpaired) electrons. The van der Waals surface area contributed by atoms with Crippen molar-refractivity contribution < 1.29 is 34.1 Å². The second-order valence-electron chi connectivity index (χ2n) is 9.05. The minimum absolute atomic E-state index is 0.119. The summed E-state index contributed by atoms with van der Waals surface area (Å²) in [6.45, 7) is -0.219. The van der Waals surface area contributed by atoms with Crippen LogP contribution >= 0.6 is 0 Å². The highest BCUT2D eigenvalue weighted by Gasteiger charge is 2.49. The van der Waals surface area contributed by atoms with Crippen LogP contribution in [0.5, 0.6) is 5.75 Å². The van der Waals surface area contributed by atoms with Gasteiger partial charge in [0, 0.05) is 5.92 Å². The lowest BCUT2D eigenvalue weighted by Gasteiger charge is -2.29. The fourth-order valence-electron chi connectivity index (χ4n) is 4.55. The van der Waals surface area contributed by atoms with E-state index in [1.165, 1.54) is 12.2 Å². The van der Waals surface area contributed by atoms with E-state index in [0.29, 0.717) is 11.3 Å². The highest BCUT2D eigenvalue weighted by atomic mass is 16.5. The lowest BCUT2D eigenvalue weighted by atomic mass is 9.86. The van der Waals surface area contributed by atoms with Crippen molar-refractivity contribution in [1.82, 2.24) is 0 Å². The van der Waals surface area contributed by atoms with Crippen molar-refractivity contribution in [1.29, 1.82) is 0 Å². The maximum atomic E-state index is 12.9. The van der Waals surface area contributed by atoms with Crippen LogP contribution in [-0.4, -0.2) is 46.2 Å². The number of aliphatic hydroxyl groups is 1. The van der Waals surface area contributed by atoms with Crippen LogP contribution in [0.3, 0.4) is 0 Å². The molecule has 3 aromatic carbocycles. The highest BCUT2D eigenvalue weighted by Crippen LogP contribution is 2.41. The molecule has 0 heterocycles. The molecule has 0 amide bonds. The van der Waals surface area contributed by atoms with Gasteiger partial charge in [-0.15, -0.1) is 0 Å². The lowest BCUT2D eigenvalue weighted by Crippen LogP contribution is -2.39. The number of benzene rings is 3. The van der Waals surface area contributed by atoms with Crippen molar-refractivity contribution in [2.45, 2.75) is 31.0 Å². The van der Waals surface area contributed by atoms with Gasteiger partial charge in [-0.05, 0) is 54.3 Å². The van der Waals surface area contributed by atoms with Gasteiger partial charge in [0.1, 0.15) is 11.9 Å². The van der Waals surface area contributed by atoms with Crippen LogP contribution in [0.2, 0.25) is 0 Å². The number of esters is 1. The SMILES string of the molecule is O=C(O)C[C@@]1(O)CC[C@@H](OC(=O)c2ccc(-c3ccccc3)cc2)[C@@H]1C=CC(=O)COc1ccccc1. The third-order valence-electron chi connectivity index (χ3n) is 6.44. The average Bonchev–Trinajstić information content (AvgIpc) is 3.20. The number of carboxylic acids is 1. The van der Waals surface area contributed by atoms with Gasteiger partial charge in [0.2, 0.25) is 0 Å². The monoisotopic (exact) mass is 500 g/mol. The summed E-state index contributed by atoms with van der Waals surface area (Å²) in [6.07, 6.45) is 1.75. The normalized spacial score (nSPS) is 21.0. The highest BCUT2D eigenvalue weighted by molar-refractivity contribution is 5.91. The Balaban J connectivity index is 1.44. The van der Waals surface area contributed by atoms with E-state index in [9.17, 15) is 24.6 Å². The number of ketones is 1. The summed E-state index contributed by atoms with van der Waals surface area (Å²) in [5.41, 5.74) is 0.655. The van der Waals surface area contributed by atoms with E-state index in [4.69, 9.17) is 9.47 Å². The first-order chi connectivity index (χ1) is 17.8. The van der Waals surface area contributed by atoms with Gasteiger partial charge >= 0.3 is 11.9 Å². The van der Waals surface area contributed by atoms with Gasteiger partial charge in [-0.1, -0.05) is 66.7 Å². The molecule has 190 valence electrons. The fraction of sp³-hybridized carbons (Fsp3) is 0.233. The van der Waals surface area contributed by atoms with Crippen LogP contribution in [0.1, 0.15) is 29.6 Å². The van der Waals surface area contributed by atoms with Gasteiger partial charge < -0.3 is 19.7 Å². The van der Waals surface area contributed by atoms with Crippen LogP contribution in [0, 0.1) is 5.92 Å². The summed E-state index contributed by atoms with van der Waals surface area (Å²) in [7, 11) is 0. The first-order valence-electron chi connectivity index (χ1n) is 12.0. The van der Waals surface area contributed by atoms with E-state index in [0.717, 1.165) is 11.1 Å². The van der Waals surface area contributed by atoms with Gasteiger partial charge in [0.15, 0.2) is 12.4 Å². The van der Waals surface area contributed by atoms with Gasteiger partial charge in [0.25, 0.3) is 0 Å². The molecule has 0 bridgehead atoms. The van der Waals surface area contributed by atoms with Gasteiger partial charge in [0.05, 0.1) is 17.6 Å². The number of carbonyl (C=O) groups excluding carboxylic acids is 2. The Labute approximate surface area is 215 Å². The number of carboxylic acid groups (broad SMARTS) is 1. The number of aliphatic carboxylic acids is 1. The van der Waals surface area contributed by atoms with Crippen molar-refractivity contribution in [2.24, 2.45) is 5.92 Å². The number of ether oxygens (including phenoxy) is 2. The van der Waals surface area contributed by atoms with E-state index < -0.39 is 36.0 Å². The van der Waals surface area contributed by atoms with Gasteiger partial charge in [-0.25, -0.2) is 4.79 Å². The Bertz CT molecular complexity index is 1250. The second kappa shape index (κ2) is 11.7. The van der Waals surface area contributed by atoms with E-state index in [1.54, 1.807) is 36.4 Å². The zero-order valence-corrected chi connectivity index (χ0v) is 20.2. The quantitative estimate of drug-likeness (QED) is 0.307. The molecule has 0 spiro atoms. The van der Waals surface area contributed by atoms with Crippen molar-refractivity contribution in [3.63, 3.8) is 0 Å².